The van der Waals surface area contributed by atoms with Crippen LogP contribution in [0.25, 0.3) is 22.6 Å². The lowest BCUT2D eigenvalue weighted by Crippen LogP contribution is -1.79. The average Bonchev–Trinajstić information content (AvgIpc) is 3.40. The van der Waals surface area contributed by atoms with Crippen LogP contribution in [0.2, 0.25) is 0 Å². The molecule has 3 nitrogen and oxygen atoms in total. The molecule has 35 heavy (non-hydrogen) atoms. The summed E-state index contributed by atoms with van der Waals surface area (Å²) in [6.45, 7) is 11.5. The number of hydrogen-bond acceptors (Lipinski definition) is 3. The first-order chi connectivity index (χ1) is 17.2. The van der Waals surface area contributed by atoms with Crippen molar-refractivity contribution in [2.75, 3.05) is 0 Å². The summed E-state index contributed by atoms with van der Waals surface area (Å²) >= 11 is 0. The van der Waals surface area contributed by atoms with Gasteiger partial charge in [-0.05, 0) is 85.7 Å². The van der Waals surface area contributed by atoms with Gasteiger partial charge in [0.15, 0.2) is 0 Å². The zero-order valence-corrected chi connectivity index (χ0v) is 20.3. The zero-order chi connectivity index (χ0) is 24.9. The summed E-state index contributed by atoms with van der Waals surface area (Å²) < 4.78 is 6.12. The van der Waals surface area contributed by atoms with E-state index in [-0.39, 0.29) is 0 Å². The number of hydrogen-bond donors (Lipinski definition) is 0. The molecule has 0 bridgehead atoms. The van der Waals surface area contributed by atoms with Gasteiger partial charge in [0.1, 0.15) is 11.5 Å². The largest absolute Gasteiger partial charge is 0.456 e. The highest BCUT2D eigenvalue weighted by atomic mass is 16.3. The van der Waals surface area contributed by atoms with Gasteiger partial charge in [-0.2, -0.15) is 0 Å². The topological polar surface area (TPSA) is 37.9 Å². The first-order valence-corrected chi connectivity index (χ1v) is 11.5. The Labute approximate surface area is 208 Å². The van der Waals surface area contributed by atoms with Crippen LogP contribution in [0, 0.1) is 0 Å². The highest BCUT2D eigenvalue weighted by molar-refractivity contribution is 5.85. The molecule has 0 saturated heterocycles. The predicted molar refractivity (Wildman–Crippen MR) is 152 cm³/mol. The number of rotatable bonds is 10. The molecule has 2 aromatic carbocycles. The van der Waals surface area contributed by atoms with Crippen LogP contribution >= 0.6 is 0 Å². The molecule has 3 aromatic rings. The van der Waals surface area contributed by atoms with E-state index in [1.165, 1.54) is 0 Å². The van der Waals surface area contributed by atoms with E-state index < -0.39 is 0 Å². The molecule has 1 aromatic heterocycles. The van der Waals surface area contributed by atoms with Crippen molar-refractivity contribution in [1.82, 2.24) is 0 Å². The third-order valence-corrected chi connectivity index (χ3v) is 5.11. The van der Waals surface area contributed by atoms with E-state index in [1.54, 1.807) is 18.4 Å². The van der Waals surface area contributed by atoms with E-state index in [0.717, 1.165) is 45.2 Å². The molecule has 3 rings (SSSR count). The summed E-state index contributed by atoms with van der Waals surface area (Å²) in [7, 11) is 0. The molecule has 0 unspecified atom stereocenters. The summed E-state index contributed by atoms with van der Waals surface area (Å²) in [5.74, 6) is 1.62. The molecule has 0 spiro atoms. The van der Waals surface area contributed by atoms with Gasteiger partial charge >= 0.3 is 0 Å². The maximum atomic E-state index is 6.12. The van der Waals surface area contributed by atoms with Crippen LogP contribution in [0.15, 0.2) is 148 Å². The quantitative estimate of drug-likeness (QED) is 0.220. The Hall–Kier alpha value is -4.50. The standard InChI is InChI=1S/C32H30N2O/c1-5-9-11-25(7-3)23-33-29-17-13-27(14-18-29)31-21-22-32(35-31)28-15-19-30(20-16-28)34-24-26(8-4)12-10-6-2/h5-24H,1,4H2,2-3H3/b10-6-,11-9-,25-7+,26-12+,33-23?,34-24?. The summed E-state index contributed by atoms with van der Waals surface area (Å²) in [6, 6.07) is 19.9. The SMILES string of the molecule is C=C/C=C\C(C=Nc1ccc(-c2ccc(-c3ccc(N=C/C(C=C)=C/C=C\C)cc3)o2)cc1)=C/C. The normalized spacial score (nSPS) is 13.0. The van der Waals surface area contributed by atoms with Crippen molar-refractivity contribution < 1.29 is 4.42 Å². The number of allylic oxidation sites excluding steroid dienone is 10. The minimum atomic E-state index is 0.809. The summed E-state index contributed by atoms with van der Waals surface area (Å²) in [6.07, 6.45) is 18.9. The molecule has 1 heterocycles. The molecule has 0 fully saturated rings. The lowest BCUT2D eigenvalue weighted by atomic mass is 10.1. The Balaban J connectivity index is 1.69. The van der Waals surface area contributed by atoms with Gasteiger partial charge in [-0.1, -0.05) is 61.8 Å². The van der Waals surface area contributed by atoms with E-state index in [4.69, 9.17) is 4.42 Å². The second-order valence-corrected chi connectivity index (χ2v) is 7.55. The minimum absolute atomic E-state index is 0.809. The van der Waals surface area contributed by atoms with Crippen LogP contribution in [0.5, 0.6) is 0 Å². The predicted octanol–water partition coefficient (Wildman–Crippen LogP) is 9.40. The van der Waals surface area contributed by atoms with E-state index in [9.17, 15) is 0 Å². The lowest BCUT2D eigenvalue weighted by molar-refractivity contribution is 0.597. The third-order valence-electron chi connectivity index (χ3n) is 5.11. The van der Waals surface area contributed by atoms with Crippen molar-refractivity contribution in [3.8, 4) is 22.6 Å². The Morgan fingerprint density at radius 2 is 1.26 bits per heavy atom. The first kappa shape index (κ1) is 25.1. The molecule has 3 heteroatoms. The molecule has 0 aliphatic heterocycles. The van der Waals surface area contributed by atoms with Gasteiger partial charge in [0.05, 0.1) is 11.4 Å². The molecule has 0 aliphatic rings. The number of furan rings is 1. The second kappa shape index (κ2) is 13.3. The van der Waals surface area contributed by atoms with Crippen LogP contribution in [0.4, 0.5) is 11.4 Å². The lowest BCUT2D eigenvalue weighted by Gasteiger charge is -2.01. The van der Waals surface area contributed by atoms with Gasteiger partial charge < -0.3 is 4.42 Å². The fraction of sp³-hybridized carbons (Fsp3) is 0.0625. The van der Waals surface area contributed by atoms with Crippen molar-refractivity contribution in [3.63, 3.8) is 0 Å². The van der Waals surface area contributed by atoms with Gasteiger partial charge in [-0.3, -0.25) is 9.98 Å². The van der Waals surface area contributed by atoms with E-state index in [0.29, 0.717) is 0 Å². The summed E-state index contributed by atoms with van der Waals surface area (Å²) in [5.41, 5.74) is 5.71. The Morgan fingerprint density at radius 1 is 0.714 bits per heavy atom. The van der Waals surface area contributed by atoms with Crippen molar-refractivity contribution >= 4 is 23.8 Å². The van der Waals surface area contributed by atoms with E-state index >= 15 is 0 Å². The van der Waals surface area contributed by atoms with Crippen LogP contribution < -0.4 is 0 Å². The minimum Gasteiger partial charge on any atom is -0.456 e. The zero-order valence-electron chi connectivity index (χ0n) is 20.3. The molecule has 0 aliphatic carbocycles. The van der Waals surface area contributed by atoms with Crippen LogP contribution in [0.3, 0.4) is 0 Å². The Bertz CT molecular complexity index is 1310. The fourth-order valence-electron chi connectivity index (χ4n) is 3.13. The van der Waals surface area contributed by atoms with Crippen LogP contribution in [0.1, 0.15) is 13.8 Å². The van der Waals surface area contributed by atoms with Crippen molar-refractivity contribution in [3.05, 3.63) is 134 Å². The Morgan fingerprint density at radius 3 is 1.71 bits per heavy atom. The molecule has 0 N–H and O–H groups in total. The fourth-order valence-corrected chi connectivity index (χ4v) is 3.13. The first-order valence-electron chi connectivity index (χ1n) is 11.5. The smallest absolute Gasteiger partial charge is 0.134 e. The van der Waals surface area contributed by atoms with Crippen molar-refractivity contribution in [2.45, 2.75) is 13.8 Å². The number of benzene rings is 2. The van der Waals surface area contributed by atoms with Gasteiger partial charge in [0.2, 0.25) is 0 Å². The maximum Gasteiger partial charge on any atom is 0.134 e. The van der Waals surface area contributed by atoms with Gasteiger partial charge in [-0.15, -0.1) is 0 Å². The van der Waals surface area contributed by atoms with Gasteiger partial charge in [-0.25, -0.2) is 0 Å². The monoisotopic (exact) mass is 458 g/mol. The van der Waals surface area contributed by atoms with E-state index in [1.807, 2.05) is 117 Å². The van der Waals surface area contributed by atoms with Crippen molar-refractivity contribution in [2.24, 2.45) is 9.98 Å². The average molecular weight is 459 g/mol. The molecule has 0 saturated carbocycles. The molecular weight excluding hydrogens is 428 g/mol. The molecular formula is C32H30N2O. The second-order valence-electron chi connectivity index (χ2n) is 7.55. The van der Waals surface area contributed by atoms with E-state index in [2.05, 4.69) is 23.1 Å². The highest BCUT2D eigenvalue weighted by Crippen LogP contribution is 2.30. The van der Waals surface area contributed by atoms with Gasteiger partial charge in [0.25, 0.3) is 0 Å². The highest BCUT2D eigenvalue weighted by Gasteiger charge is 2.07. The third kappa shape index (κ3) is 7.51. The number of aliphatic imine (C=N–C) groups is 2. The molecule has 0 radical (unpaired) electrons. The maximum absolute atomic E-state index is 6.12. The molecule has 0 amide bonds. The molecule has 174 valence electrons. The van der Waals surface area contributed by atoms with Gasteiger partial charge in [0, 0.05) is 23.6 Å². The van der Waals surface area contributed by atoms with Crippen LogP contribution in [-0.4, -0.2) is 12.4 Å². The van der Waals surface area contributed by atoms with Crippen molar-refractivity contribution in [1.29, 1.82) is 0 Å². The van der Waals surface area contributed by atoms with Crippen LogP contribution in [-0.2, 0) is 0 Å². The Kier molecular flexibility index (Phi) is 9.52. The molecule has 0 atom stereocenters. The summed E-state index contributed by atoms with van der Waals surface area (Å²) in [5, 5.41) is 0. The summed E-state index contributed by atoms with van der Waals surface area (Å²) in [4.78, 5) is 9.06. The number of nitrogens with zero attached hydrogens (tertiary/aromatic N) is 2.